The number of alkyl halides is 3. The summed E-state index contributed by atoms with van der Waals surface area (Å²) >= 11 is 0. The highest BCUT2D eigenvalue weighted by atomic mass is 32.2. The molecule has 0 N–H and O–H groups in total. The first-order valence-electron chi connectivity index (χ1n) is 12.0. The third-order valence-electron chi connectivity index (χ3n) is 5.33. The van der Waals surface area contributed by atoms with Crippen LogP contribution in [0.3, 0.4) is 0 Å². The fraction of sp³-hybridized carbons (Fsp3) is 0.357. The second-order valence-electron chi connectivity index (χ2n) is 8.33. The van der Waals surface area contributed by atoms with Gasteiger partial charge in [0.25, 0.3) is 0 Å². The van der Waals surface area contributed by atoms with Gasteiger partial charge in [0.15, 0.2) is 24.8 Å². The minimum Gasteiger partial charge on any atom is -0.741 e. The Labute approximate surface area is 215 Å². The van der Waals surface area contributed by atoms with E-state index in [9.17, 15) is 13.2 Å². The quantitative estimate of drug-likeness (QED) is 0.159. The normalized spacial score (nSPS) is 11.8. The lowest BCUT2D eigenvalue weighted by Crippen LogP contribution is -2.21. The summed E-state index contributed by atoms with van der Waals surface area (Å²) in [5.74, 6) is 0. The maximum absolute atomic E-state index is 10.7. The van der Waals surface area contributed by atoms with Crippen LogP contribution in [0, 0.1) is 0 Å². The highest BCUT2D eigenvalue weighted by Gasteiger charge is 2.37. The van der Waals surface area contributed by atoms with Gasteiger partial charge in [-0.05, 0) is 49.1 Å². The van der Waals surface area contributed by atoms with Gasteiger partial charge in [0.2, 0.25) is 0 Å². The Balaban J connectivity index is 0.000000493. The molecule has 3 aromatic rings. The summed E-state index contributed by atoms with van der Waals surface area (Å²) in [6.45, 7) is 6.89. The Morgan fingerprint density at radius 1 is 0.722 bits per heavy atom. The third kappa shape index (κ3) is 8.39. The number of halogens is 3. The van der Waals surface area contributed by atoms with Crippen molar-refractivity contribution in [1.82, 2.24) is 0 Å². The molecule has 3 rings (SSSR count). The van der Waals surface area contributed by atoms with Gasteiger partial charge < -0.3 is 4.55 Å². The van der Waals surface area contributed by atoms with Gasteiger partial charge in [-0.2, -0.15) is 13.2 Å². The fourth-order valence-electron chi connectivity index (χ4n) is 3.92. The number of hydrogen-bond donors (Lipinski definition) is 0. The third-order valence-corrected chi connectivity index (χ3v) is 8.31. The van der Waals surface area contributed by atoms with Crippen LogP contribution in [-0.4, -0.2) is 18.5 Å². The summed E-state index contributed by atoms with van der Waals surface area (Å²) in [6, 6.07) is 27.2. The molecule has 0 fully saturated rings. The summed E-state index contributed by atoms with van der Waals surface area (Å²) < 4.78 is 58.9. The molecule has 0 atom stereocenters. The first-order valence-corrected chi connectivity index (χ1v) is 14.7. The zero-order chi connectivity index (χ0) is 26.8. The molecule has 36 heavy (non-hydrogen) atoms. The van der Waals surface area contributed by atoms with Crippen LogP contribution in [0.4, 0.5) is 13.2 Å². The predicted molar refractivity (Wildman–Crippen MR) is 139 cm³/mol. The second-order valence-corrected chi connectivity index (χ2v) is 11.7. The SMILES string of the molecule is CCCc1cc(CCC)c([S+](c2ccccc2)c2ccccc2)c(CCC)c1.O=S(=O)([O-])C(F)(F)F. The van der Waals surface area contributed by atoms with Crippen molar-refractivity contribution in [3.8, 4) is 0 Å². The molecule has 3 aromatic carbocycles. The number of aryl methyl sites for hydroxylation is 3. The van der Waals surface area contributed by atoms with E-state index in [1.807, 2.05) is 0 Å². The average molecular weight is 539 g/mol. The lowest BCUT2D eigenvalue weighted by Gasteiger charge is -2.17. The average Bonchev–Trinajstić information content (AvgIpc) is 2.82. The molecule has 0 saturated heterocycles. The minimum absolute atomic E-state index is 0.0529. The van der Waals surface area contributed by atoms with Crippen LogP contribution >= 0.6 is 0 Å². The number of hydrogen-bond acceptors (Lipinski definition) is 3. The molecule has 0 spiro atoms. The molecule has 196 valence electrons. The van der Waals surface area contributed by atoms with Crippen LogP contribution in [-0.2, 0) is 40.3 Å². The Morgan fingerprint density at radius 2 is 1.08 bits per heavy atom. The Kier molecular flexibility index (Phi) is 11.5. The molecule has 0 aromatic heterocycles. The Morgan fingerprint density at radius 3 is 1.39 bits per heavy atom. The van der Waals surface area contributed by atoms with Gasteiger partial charge in [-0.3, -0.25) is 0 Å². The zero-order valence-corrected chi connectivity index (χ0v) is 22.5. The first kappa shape index (κ1) is 29.9. The van der Waals surface area contributed by atoms with Crippen LogP contribution < -0.4 is 0 Å². The zero-order valence-electron chi connectivity index (χ0n) is 20.8. The molecule has 0 aliphatic heterocycles. The van der Waals surface area contributed by atoms with Crippen molar-refractivity contribution < 1.29 is 26.1 Å². The summed E-state index contributed by atoms with van der Waals surface area (Å²) in [5.41, 5.74) is -1.00. The molecule has 0 bridgehead atoms. The molecular weight excluding hydrogens is 505 g/mol. The highest BCUT2D eigenvalue weighted by molar-refractivity contribution is 7.97. The topological polar surface area (TPSA) is 57.2 Å². The van der Waals surface area contributed by atoms with Crippen LogP contribution in [0.2, 0.25) is 0 Å². The van der Waals surface area contributed by atoms with Crippen molar-refractivity contribution in [1.29, 1.82) is 0 Å². The highest BCUT2D eigenvalue weighted by Crippen LogP contribution is 2.37. The van der Waals surface area contributed by atoms with Crippen molar-refractivity contribution in [2.75, 3.05) is 0 Å². The molecule has 0 saturated carbocycles. The molecule has 0 amide bonds. The van der Waals surface area contributed by atoms with E-state index in [4.69, 9.17) is 13.0 Å². The van der Waals surface area contributed by atoms with Crippen molar-refractivity contribution in [2.45, 2.75) is 79.5 Å². The number of rotatable bonds is 9. The first-order chi connectivity index (χ1) is 17.0. The van der Waals surface area contributed by atoms with E-state index in [2.05, 4.69) is 93.6 Å². The second kappa shape index (κ2) is 13.9. The lowest BCUT2D eigenvalue weighted by atomic mass is 9.97. The van der Waals surface area contributed by atoms with Gasteiger partial charge in [-0.1, -0.05) is 88.6 Å². The van der Waals surface area contributed by atoms with Crippen molar-refractivity contribution in [3.05, 3.63) is 89.5 Å². The van der Waals surface area contributed by atoms with Crippen molar-refractivity contribution in [3.63, 3.8) is 0 Å². The van der Waals surface area contributed by atoms with Crippen LogP contribution in [0.1, 0.15) is 56.7 Å². The van der Waals surface area contributed by atoms with Crippen LogP contribution in [0.5, 0.6) is 0 Å². The fourth-order valence-corrected chi connectivity index (χ4v) is 6.37. The Bertz CT molecular complexity index is 1110. The largest absolute Gasteiger partial charge is 0.741 e. The number of benzene rings is 3. The molecule has 3 nitrogen and oxygen atoms in total. The molecular formula is C28H33F3O3S2. The van der Waals surface area contributed by atoms with E-state index >= 15 is 0 Å². The van der Waals surface area contributed by atoms with E-state index in [1.54, 1.807) is 16.0 Å². The van der Waals surface area contributed by atoms with E-state index < -0.39 is 15.6 Å². The maximum atomic E-state index is 10.7. The molecule has 0 heterocycles. The summed E-state index contributed by atoms with van der Waals surface area (Å²) in [7, 11) is -6.14. The Hall–Kier alpha value is -2.29. The van der Waals surface area contributed by atoms with Gasteiger partial charge in [0.05, 0.1) is 10.9 Å². The maximum Gasteiger partial charge on any atom is 0.485 e. The minimum atomic E-state index is -6.09. The predicted octanol–water partition coefficient (Wildman–Crippen LogP) is 7.69. The molecule has 0 radical (unpaired) electrons. The summed E-state index contributed by atoms with van der Waals surface area (Å²) in [6.07, 6.45) is 7.08. The standard InChI is InChI=1S/C27H33S.CHF3O3S/c1-4-13-22-20-23(14-5-2)27(24(21-22)15-6-3)28(25-16-9-7-10-17-25)26-18-11-8-12-19-26;2-1(3,4)8(5,6)7/h7-12,16-21H,4-6,13-15H2,1-3H3;(H,5,6,7)/q+1;/p-1. The van der Waals surface area contributed by atoms with Gasteiger partial charge in [-0.25, -0.2) is 8.42 Å². The van der Waals surface area contributed by atoms with Crippen LogP contribution in [0.25, 0.3) is 0 Å². The van der Waals surface area contributed by atoms with Gasteiger partial charge >= 0.3 is 5.51 Å². The van der Waals surface area contributed by atoms with E-state index in [0.29, 0.717) is 0 Å². The smallest absolute Gasteiger partial charge is 0.485 e. The van der Waals surface area contributed by atoms with Crippen molar-refractivity contribution >= 4 is 21.0 Å². The summed E-state index contributed by atoms with van der Waals surface area (Å²) in [5, 5.41) is 0. The molecule has 8 heteroatoms. The molecule has 0 aliphatic carbocycles. The van der Waals surface area contributed by atoms with E-state index in [0.717, 1.165) is 12.8 Å². The molecule has 0 aliphatic rings. The van der Waals surface area contributed by atoms with Crippen molar-refractivity contribution in [2.24, 2.45) is 0 Å². The van der Waals surface area contributed by atoms with Crippen LogP contribution in [0.15, 0.2) is 87.5 Å². The van der Waals surface area contributed by atoms with Gasteiger partial charge in [-0.15, -0.1) is 0 Å². The van der Waals surface area contributed by atoms with E-state index in [1.165, 1.54) is 41.0 Å². The van der Waals surface area contributed by atoms with E-state index in [-0.39, 0.29) is 10.9 Å². The monoisotopic (exact) mass is 538 g/mol. The molecule has 0 unspecified atom stereocenters. The van der Waals surface area contributed by atoms with Gasteiger partial charge in [0.1, 0.15) is 0 Å². The lowest BCUT2D eigenvalue weighted by molar-refractivity contribution is -0.0517. The summed E-state index contributed by atoms with van der Waals surface area (Å²) in [4.78, 5) is 4.43. The van der Waals surface area contributed by atoms with Gasteiger partial charge in [0, 0.05) is 11.1 Å².